The smallest absolute Gasteiger partial charge is 0.303 e. The van der Waals surface area contributed by atoms with Crippen molar-refractivity contribution in [3.8, 4) is 0 Å². The van der Waals surface area contributed by atoms with E-state index in [1.807, 2.05) is 38.6 Å². The van der Waals surface area contributed by atoms with Gasteiger partial charge in [-0.2, -0.15) is 0 Å². The molecule has 0 aliphatic carbocycles. The lowest BCUT2D eigenvalue weighted by atomic mass is 9.95. The van der Waals surface area contributed by atoms with Crippen LogP contribution in [0.4, 0.5) is 0 Å². The van der Waals surface area contributed by atoms with E-state index in [-0.39, 0.29) is 17.6 Å². The van der Waals surface area contributed by atoms with E-state index < -0.39 is 11.9 Å². The number of thiol groups is 1. The second-order valence-corrected chi connectivity index (χ2v) is 14.3. The molecule has 3 aromatic heterocycles. The molecule has 8 bridgehead atoms. The van der Waals surface area contributed by atoms with Crippen LogP contribution in [0.2, 0.25) is 0 Å². The minimum Gasteiger partial charge on any atom is -0.481 e. The number of carboxylic acids is 2. The normalized spacial score (nSPS) is 24.4. The first-order valence-corrected chi connectivity index (χ1v) is 16.2. The van der Waals surface area contributed by atoms with E-state index in [0.717, 1.165) is 82.5 Å². The van der Waals surface area contributed by atoms with Gasteiger partial charge in [-0.05, 0) is 110 Å². The van der Waals surface area contributed by atoms with Crippen LogP contribution in [0.25, 0.3) is 29.2 Å². The topological polar surface area (TPSA) is 134 Å². The first kappa shape index (κ1) is 30.3. The van der Waals surface area contributed by atoms with Crippen molar-refractivity contribution in [3.05, 3.63) is 83.1 Å². The van der Waals surface area contributed by atoms with E-state index in [2.05, 4.69) is 59.3 Å². The Labute approximate surface area is 265 Å². The van der Waals surface area contributed by atoms with Gasteiger partial charge in [0.1, 0.15) is 0 Å². The van der Waals surface area contributed by atoms with E-state index in [1.54, 1.807) is 0 Å². The fourth-order valence-electron chi connectivity index (χ4n) is 6.88. The van der Waals surface area contributed by atoms with Crippen LogP contribution >= 0.6 is 24.4 Å². The molecule has 6 rings (SSSR count). The molecule has 1 saturated heterocycles. The van der Waals surface area contributed by atoms with Gasteiger partial charge in [-0.15, -0.1) is 24.4 Å². The average Bonchev–Trinajstić information content (AvgIpc) is 3.08. The monoisotopic (exact) mass is 630 g/mol. The summed E-state index contributed by atoms with van der Waals surface area (Å²) >= 11 is 6.70. The van der Waals surface area contributed by atoms with Crippen molar-refractivity contribution in [2.75, 3.05) is 0 Å². The van der Waals surface area contributed by atoms with Crippen LogP contribution in [0.5, 0.6) is 0 Å². The number of nitrogens with one attached hydrogen (secondary N) is 4. The molecule has 0 aromatic carbocycles. The Bertz CT molecular complexity index is 2070. The minimum atomic E-state index is -0.856. The van der Waals surface area contributed by atoms with Crippen LogP contribution in [0, 0.1) is 20.8 Å². The number of carbonyl (C=O) groups is 2. The average molecular weight is 631 g/mol. The second kappa shape index (κ2) is 11.0. The van der Waals surface area contributed by atoms with Crippen molar-refractivity contribution in [2.24, 2.45) is 0 Å². The maximum Gasteiger partial charge on any atom is 0.303 e. The molecule has 6 heterocycles. The Morgan fingerprint density at radius 1 is 0.818 bits per heavy atom. The van der Waals surface area contributed by atoms with E-state index in [1.165, 1.54) is 5.57 Å². The third-order valence-corrected chi connectivity index (χ3v) is 11.4. The summed E-state index contributed by atoms with van der Waals surface area (Å²) in [6.07, 6.45) is 9.21. The van der Waals surface area contributed by atoms with Crippen LogP contribution in [0.15, 0.2) is 17.0 Å². The highest BCUT2D eigenvalue weighted by molar-refractivity contribution is 8.09. The third kappa shape index (κ3) is 4.98. The SMILES string of the molecule is CC1=C2/C=c3\[nH]c(c(C)\c3=C(\C)S)/C=c3\[nH]/c(c(CCC(=O)O)c3C)=C\c3[nH]c(c(C)c3CCC(=O)O)/C=C(\N2)[C@@]12SC2C. The maximum atomic E-state index is 11.6. The molecule has 2 atom stereocenters. The van der Waals surface area contributed by atoms with Crippen LogP contribution in [0.1, 0.15) is 78.5 Å². The number of carboxylic acid groups (broad SMARTS) is 2. The molecule has 3 aliphatic rings. The summed E-state index contributed by atoms with van der Waals surface area (Å²) in [7, 11) is 0. The number of H-pyrrole nitrogens is 3. The van der Waals surface area contributed by atoms with Gasteiger partial charge in [0.05, 0.1) is 4.75 Å². The van der Waals surface area contributed by atoms with Gasteiger partial charge in [-0.3, -0.25) is 9.59 Å². The summed E-state index contributed by atoms with van der Waals surface area (Å²) in [4.78, 5) is 35.0. The van der Waals surface area contributed by atoms with Gasteiger partial charge in [0.25, 0.3) is 0 Å². The van der Waals surface area contributed by atoms with Crippen LogP contribution in [0.3, 0.4) is 0 Å². The lowest BCUT2D eigenvalue weighted by molar-refractivity contribution is -0.138. The second-order valence-electron chi connectivity index (χ2n) is 12.1. The number of aliphatic carboxylic acids is 2. The van der Waals surface area contributed by atoms with E-state index >= 15 is 0 Å². The molecule has 6 N–H and O–H groups in total. The van der Waals surface area contributed by atoms with Gasteiger partial charge >= 0.3 is 11.9 Å². The number of allylic oxidation sites excluding steroid dienone is 1. The Morgan fingerprint density at radius 3 is 2.05 bits per heavy atom. The molecule has 0 radical (unpaired) electrons. The molecule has 230 valence electrons. The minimum absolute atomic E-state index is 0.00259. The molecule has 1 fully saturated rings. The van der Waals surface area contributed by atoms with Crippen LogP contribution in [-0.2, 0) is 22.4 Å². The quantitative estimate of drug-likeness (QED) is 0.165. The molecular formula is C34H38N4O4S2. The zero-order valence-corrected chi connectivity index (χ0v) is 27.5. The first-order chi connectivity index (χ1) is 20.8. The number of hydrogen-bond acceptors (Lipinski definition) is 5. The number of aromatic amines is 3. The Morgan fingerprint density at radius 2 is 1.43 bits per heavy atom. The highest BCUT2D eigenvalue weighted by Gasteiger charge is 2.60. The van der Waals surface area contributed by atoms with Crippen molar-refractivity contribution >= 4 is 65.5 Å². The lowest BCUT2D eigenvalue weighted by Crippen LogP contribution is -2.26. The van der Waals surface area contributed by atoms with Gasteiger partial charge in [0.15, 0.2) is 0 Å². The van der Waals surface area contributed by atoms with Gasteiger partial charge in [0.2, 0.25) is 0 Å². The summed E-state index contributed by atoms with van der Waals surface area (Å²) < 4.78 is -0.145. The number of hydrogen-bond donors (Lipinski definition) is 7. The predicted octanol–water partition coefficient (Wildman–Crippen LogP) is 3.23. The van der Waals surface area contributed by atoms with Gasteiger partial charge in [-0.1, -0.05) is 6.92 Å². The molecule has 1 spiro atoms. The van der Waals surface area contributed by atoms with Gasteiger partial charge in [0, 0.05) is 67.8 Å². The Hall–Kier alpha value is -3.76. The van der Waals surface area contributed by atoms with Crippen molar-refractivity contribution in [1.82, 2.24) is 20.3 Å². The van der Waals surface area contributed by atoms with Crippen LogP contribution in [-0.4, -0.2) is 47.1 Å². The fraction of sp³-hybridized carbons (Fsp3) is 0.353. The third-order valence-electron chi connectivity index (χ3n) is 9.42. The molecule has 0 saturated carbocycles. The summed E-state index contributed by atoms with van der Waals surface area (Å²) in [5, 5.41) is 26.9. The fourth-order valence-corrected chi connectivity index (χ4v) is 8.48. The standard InChI is InChI=1S/C34H38N4O4S2/c1-15-21(7-9-31(39)40)27-13-28-22(8-10-32(41)42)16(2)25(36-28)14-30-34(20(6)44-34)18(4)26(38-30)12-29-33(19(5)43)17(3)24(37-29)11-23(15)35-27/h11-14,20,35-38,43H,7-10H2,1-6H3,(H,39,40)(H,41,42)/b23-11-,27-13-,29-12-,30-14-,33-19+/t20?,34-/m1/s1. The summed E-state index contributed by atoms with van der Waals surface area (Å²) in [5.41, 5.74) is 11.1. The predicted molar refractivity (Wildman–Crippen MR) is 180 cm³/mol. The number of rotatable bonds is 6. The van der Waals surface area contributed by atoms with E-state index in [4.69, 9.17) is 12.6 Å². The zero-order chi connectivity index (χ0) is 31.7. The van der Waals surface area contributed by atoms with E-state index in [9.17, 15) is 19.8 Å². The molecule has 0 amide bonds. The van der Waals surface area contributed by atoms with Crippen molar-refractivity contribution in [2.45, 2.75) is 77.2 Å². The van der Waals surface area contributed by atoms with E-state index in [0.29, 0.717) is 18.1 Å². The summed E-state index contributed by atoms with van der Waals surface area (Å²) in [6.45, 7) is 12.6. The molecule has 1 unspecified atom stereocenters. The summed E-state index contributed by atoms with van der Waals surface area (Å²) in [6, 6.07) is 0. The van der Waals surface area contributed by atoms with Gasteiger partial charge < -0.3 is 30.5 Å². The summed E-state index contributed by atoms with van der Waals surface area (Å²) in [5.74, 6) is -1.71. The maximum absolute atomic E-state index is 11.6. The molecule has 8 nitrogen and oxygen atoms in total. The Kier molecular flexibility index (Phi) is 7.57. The number of aromatic nitrogens is 3. The molecule has 44 heavy (non-hydrogen) atoms. The van der Waals surface area contributed by atoms with Crippen LogP contribution < -0.4 is 26.6 Å². The molecular weight excluding hydrogens is 593 g/mol. The number of fused-ring (bicyclic) bond motifs is 9. The first-order valence-electron chi connectivity index (χ1n) is 14.9. The molecule has 3 aliphatic heterocycles. The zero-order valence-electron chi connectivity index (χ0n) is 25.8. The molecule has 3 aromatic rings. The van der Waals surface area contributed by atoms with Crippen molar-refractivity contribution < 1.29 is 19.8 Å². The van der Waals surface area contributed by atoms with Crippen molar-refractivity contribution in [1.29, 1.82) is 0 Å². The highest BCUT2D eigenvalue weighted by Crippen LogP contribution is 2.64. The number of thioether (sulfide) groups is 1. The Balaban J connectivity index is 1.71. The highest BCUT2D eigenvalue weighted by atomic mass is 32.2. The largest absolute Gasteiger partial charge is 0.481 e. The lowest BCUT2D eigenvalue weighted by Gasteiger charge is -2.11. The molecule has 10 heteroatoms. The van der Waals surface area contributed by atoms with Gasteiger partial charge in [-0.25, -0.2) is 0 Å². The van der Waals surface area contributed by atoms with Crippen molar-refractivity contribution in [3.63, 3.8) is 0 Å².